The van der Waals surface area contributed by atoms with Gasteiger partial charge in [0.15, 0.2) is 18.9 Å². The van der Waals surface area contributed by atoms with Crippen molar-refractivity contribution in [3.8, 4) is 0 Å². The SMILES string of the molecule is CCCCCCCC/C=C\CCCCCCCCCCCC(=O)NC(COC1OC(CO)C(OC2OC(CO)C(OC3OC(CO)C(O)C(O)C3O)C(O)C2O)C(O)C1O)C(O)/C=C/CCCCCCCCCCCCC. The average Bonchev–Trinajstić information content (AvgIpc) is 3.42. The molecule has 19 nitrogen and oxygen atoms in total. The molecule has 3 saturated heterocycles. The van der Waals surface area contributed by atoms with Crippen molar-refractivity contribution in [3.63, 3.8) is 0 Å². The van der Waals surface area contributed by atoms with E-state index in [1.165, 1.54) is 128 Å². The van der Waals surface area contributed by atoms with Gasteiger partial charge >= 0.3 is 0 Å². The lowest BCUT2D eigenvalue weighted by Crippen LogP contribution is -2.66. The maximum absolute atomic E-state index is 13.3. The van der Waals surface area contributed by atoms with Gasteiger partial charge in [0.2, 0.25) is 5.91 Å². The number of amides is 1. The fraction of sp³-hybridized carbons (Fsp3) is 0.914. The van der Waals surface area contributed by atoms with Gasteiger partial charge in [0.05, 0.1) is 38.6 Å². The summed E-state index contributed by atoms with van der Waals surface area (Å²) in [7, 11) is 0. The van der Waals surface area contributed by atoms with Crippen molar-refractivity contribution in [1.82, 2.24) is 5.32 Å². The standard InChI is InChI=1S/C58H107NO18/c1-3-5-7-9-11-13-15-17-18-19-20-21-22-24-26-28-30-32-34-36-46(64)59-41(42(63)35-33-31-29-27-25-23-16-14-12-10-8-6-4-2)40-72-56-52(70)49(67)54(44(38-61)74-56)77-58-53(71)50(68)55(45(39-62)75-58)76-57-51(69)48(66)47(65)43(37-60)73-57/h17-18,33,35,41-45,47-58,60-63,65-71H,3-16,19-32,34,36-40H2,1-2H3,(H,59,64)/b18-17-,35-33+. The van der Waals surface area contributed by atoms with E-state index in [0.29, 0.717) is 6.42 Å². The highest BCUT2D eigenvalue weighted by Crippen LogP contribution is 2.33. The second-order valence-corrected chi connectivity index (χ2v) is 21.8. The number of carbonyl (C=O) groups is 1. The summed E-state index contributed by atoms with van der Waals surface area (Å²) in [6.45, 7) is 1.71. The number of hydrogen-bond donors (Lipinski definition) is 12. The molecule has 17 atom stereocenters. The number of allylic oxidation sites excluding steroid dienone is 3. The smallest absolute Gasteiger partial charge is 0.220 e. The minimum atomic E-state index is -1.98. The summed E-state index contributed by atoms with van der Waals surface area (Å²) < 4.78 is 34.2. The Kier molecular flexibility index (Phi) is 38.1. The van der Waals surface area contributed by atoms with Crippen molar-refractivity contribution in [2.24, 2.45) is 0 Å². The molecule has 0 aromatic carbocycles. The van der Waals surface area contributed by atoms with E-state index in [4.69, 9.17) is 28.4 Å². The molecule has 0 aromatic heterocycles. The second-order valence-electron chi connectivity index (χ2n) is 21.8. The molecule has 3 fully saturated rings. The fourth-order valence-corrected chi connectivity index (χ4v) is 10.2. The van der Waals surface area contributed by atoms with Crippen LogP contribution in [0.1, 0.15) is 206 Å². The van der Waals surface area contributed by atoms with E-state index in [1.54, 1.807) is 6.08 Å². The maximum atomic E-state index is 13.3. The summed E-state index contributed by atoms with van der Waals surface area (Å²) in [5.41, 5.74) is 0. The van der Waals surface area contributed by atoms with Crippen molar-refractivity contribution in [3.05, 3.63) is 24.3 Å². The third-order valence-electron chi connectivity index (χ3n) is 15.2. The molecule has 0 aromatic rings. The molecular formula is C58H107NO18. The summed E-state index contributed by atoms with van der Waals surface area (Å²) >= 11 is 0. The predicted octanol–water partition coefficient (Wildman–Crippen LogP) is 5.15. The largest absolute Gasteiger partial charge is 0.394 e. The fourth-order valence-electron chi connectivity index (χ4n) is 10.2. The maximum Gasteiger partial charge on any atom is 0.220 e. The molecule has 0 bridgehead atoms. The highest BCUT2D eigenvalue weighted by atomic mass is 16.8. The summed E-state index contributed by atoms with van der Waals surface area (Å²) in [6.07, 6.45) is 15.9. The van der Waals surface area contributed by atoms with Crippen LogP contribution in [0.25, 0.3) is 0 Å². The third kappa shape index (κ3) is 26.4. The molecule has 3 rings (SSSR count). The van der Waals surface area contributed by atoms with Crippen LogP contribution in [0.5, 0.6) is 0 Å². The van der Waals surface area contributed by atoms with E-state index in [-0.39, 0.29) is 18.9 Å². The van der Waals surface area contributed by atoms with Gasteiger partial charge < -0.3 is 89.9 Å². The molecule has 0 aliphatic carbocycles. The van der Waals surface area contributed by atoms with Gasteiger partial charge in [-0.15, -0.1) is 0 Å². The number of carbonyl (C=O) groups excluding carboxylic acids is 1. The summed E-state index contributed by atoms with van der Waals surface area (Å²) in [5, 5.41) is 120. The van der Waals surface area contributed by atoms with Crippen LogP contribution in [0.15, 0.2) is 24.3 Å². The minimum absolute atomic E-state index is 0.243. The number of hydrogen-bond acceptors (Lipinski definition) is 18. The van der Waals surface area contributed by atoms with Crippen LogP contribution in [0.3, 0.4) is 0 Å². The molecule has 3 aliphatic heterocycles. The first-order valence-electron chi connectivity index (χ1n) is 30.1. The molecule has 19 heteroatoms. The Balaban J connectivity index is 1.50. The minimum Gasteiger partial charge on any atom is -0.394 e. The Morgan fingerprint density at radius 1 is 0.455 bits per heavy atom. The van der Waals surface area contributed by atoms with E-state index < -0.39 is 124 Å². The van der Waals surface area contributed by atoms with Crippen LogP contribution in [-0.2, 0) is 33.2 Å². The highest BCUT2D eigenvalue weighted by Gasteiger charge is 2.53. The zero-order chi connectivity index (χ0) is 56.2. The van der Waals surface area contributed by atoms with Crippen LogP contribution >= 0.6 is 0 Å². The van der Waals surface area contributed by atoms with E-state index in [1.807, 2.05) is 6.08 Å². The summed E-state index contributed by atoms with van der Waals surface area (Å²) in [4.78, 5) is 13.3. The quantitative estimate of drug-likeness (QED) is 0.0277. The van der Waals surface area contributed by atoms with Gasteiger partial charge in [-0.1, -0.05) is 179 Å². The number of ether oxygens (including phenoxy) is 6. The van der Waals surface area contributed by atoms with E-state index >= 15 is 0 Å². The molecule has 452 valence electrons. The average molecular weight is 1110 g/mol. The van der Waals surface area contributed by atoms with Crippen LogP contribution < -0.4 is 5.32 Å². The van der Waals surface area contributed by atoms with Crippen LogP contribution in [0, 0.1) is 0 Å². The summed E-state index contributed by atoms with van der Waals surface area (Å²) in [6, 6.07) is -0.970. The molecule has 0 saturated carbocycles. The number of rotatable bonds is 44. The Bertz CT molecular complexity index is 1510. The molecule has 0 spiro atoms. The zero-order valence-corrected chi connectivity index (χ0v) is 46.9. The van der Waals surface area contributed by atoms with Crippen molar-refractivity contribution in [1.29, 1.82) is 0 Å². The van der Waals surface area contributed by atoms with Crippen molar-refractivity contribution >= 4 is 5.91 Å². The van der Waals surface area contributed by atoms with E-state index in [2.05, 4.69) is 31.3 Å². The van der Waals surface area contributed by atoms with Gasteiger partial charge in [0.25, 0.3) is 0 Å². The van der Waals surface area contributed by atoms with Gasteiger partial charge in [-0.05, 0) is 44.9 Å². The zero-order valence-electron chi connectivity index (χ0n) is 46.9. The number of aliphatic hydroxyl groups excluding tert-OH is 11. The van der Waals surface area contributed by atoms with Gasteiger partial charge in [0, 0.05) is 6.42 Å². The summed E-state index contributed by atoms with van der Waals surface area (Å²) in [5.74, 6) is -0.278. The van der Waals surface area contributed by atoms with Crippen molar-refractivity contribution in [2.45, 2.75) is 311 Å². The molecule has 1 amide bonds. The lowest BCUT2D eigenvalue weighted by molar-refractivity contribution is -0.379. The first kappa shape index (κ1) is 69.5. The lowest BCUT2D eigenvalue weighted by Gasteiger charge is -2.48. The van der Waals surface area contributed by atoms with Crippen LogP contribution in [-0.4, -0.2) is 193 Å². The molecule has 12 N–H and O–H groups in total. The van der Waals surface area contributed by atoms with Gasteiger partial charge in [0.1, 0.15) is 73.2 Å². The molecule has 3 aliphatic rings. The van der Waals surface area contributed by atoms with Crippen LogP contribution in [0.2, 0.25) is 0 Å². The topological polar surface area (TPSA) is 307 Å². The molecular weight excluding hydrogens is 999 g/mol. The van der Waals surface area contributed by atoms with Gasteiger partial charge in [-0.2, -0.15) is 0 Å². The normalized spacial score (nSPS) is 30.8. The first-order valence-corrected chi connectivity index (χ1v) is 30.1. The number of aliphatic hydroxyl groups is 11. The van der Waals surface area contributed by atoms with Crippen molar-refractivity contribution in [2.75, 3.05) is 26.4 Å². The molecule has 77 heavy (non-hydrogen) atoms. The third-order valence-corrected chi connectivity index (χ3v) is 15.2. The Morgan fingerprint density at radius 3 is 1.26 bits per heavy atom. The van der Waals surface area contributed by atoms with Crippen LogP contribution in [0.4, 0.5) is 0 Å². The Morgan fingerprint density at radius 2 is 0.818 bits per heavy atom. The van der Waals surface area contributed by atoms with Crippen molar-refractivity contribution < 1.29 is 89.4 Å². The first-order chi connectivity index (χ1) is 37.3. The Labute approximate surface area is 460 Å². The second kappa shape index (κ2) is 42.1. The van der Waals surface area contributed by atoms with Gasteiger partial charge in [-0.25, -0.2) is 0 Å². The lowest BCUT2D eigenvalue weighted by atomic mass is 9.96. The predicted molar refractivity (Wildman–Crippen MR) is 291 cm³/mol. The number of unbranched alkanes of at least 4 members (excludes halogenated alkanes) is 26. The Hall–Kier alpha value is -1.73. The van der Waals surface area contributed by atoms with Gasteiger partial charge in [-0.3, -0.25) is 4.79 Å². The number of nitrogens with one attached hydrogen (secondary N) is 1. The molecule has 17 unspecified atom stereocenters. The monoisotopic (exact) mass is 1110 g/mol. The van der Waals surface area contributed by atoms with E-state index in [0.717, 1.165) is 51.4 Å². The highest BCUT2D eigenvalue weighted by molar-refractivity contribution is 5.76. The molecule has 3 heterocycles. The molecule has 0 radical (unpaired) electrons. The van der Waals surface area contributed by atoms with E-state index in [9.17, 15) is 61.0 Å².